The maximum atomic E-state index is 5.73. The lowest BCUT2D eigenvalue weighted by molar-refractivity contribution is 0.610. The minimum absolute atomic E-state index is 0.00934. The summed E-state index contributed by atoms with van der Waals surface area (Å²) < 4.78 is 2.51. The number of para-hydroxylation sites is 1. The zero-order valence-electron chi connectivity index (χ0n) is 38.0. The number of anilines is 3. The summed E-state index contributed by atoms with van der Waals surface area (Å²) in [5.74, 6) is 0.852. The third kappa shape index (κ3) is 5.75. The van der Waals surface area contributed by atoms with Crippen LogP contribution >= 0.6 is 0 Å². The number of aliphatic imine (C=N–C) groups is 1. The van der Waals surface area contributed by atoms with Gasteiger partial charge in [-0.3, -0.25) is 4.99 Å². The highest BCUT2D eigenvalue weighted by molar-refractivity contribution is 6.20. The van der Waals surface area contributed by atoms with Crippen molar-refractivity contribution in [2.24, 2.45) is 4.99 Å². The number of rotatable bonds is 5. The number of benzene rings is 6. The molecule has 0 bridgehead atoms. The van der Waals surface area contributed by atoms with Gasteiger partial charge in [-0.05, 0) is 118 Å². The smallest absolute Gasteiger partial charge is 0.145 e. The van der Waals surface area contributed by atoms with Crippen LogP contribution in [-0.4, -0.2) is 16.3 Å². The lowest BCUT2D eigenvalue weighted by Crippen LogP contribution is -2.29. The first-order valence-corrected chi connectivity index (χ1v) is 24.4. The van der Waals surface area contributed by atoms with Crippen LogP contribution < -0.4 is 10.2 Å². The van der Waals surface area contributed by atoms with Crippen LogP contribution in [0.15, 0.2) is 198 Å². The van der Waals surface area contributed by atoms with Gasteiger partial charge in [-0.2, -0.15) is 0 Å². The number of fused-ring (bicyclic) bond motifs is 12. The topological polar surface area (TPSA) is 32.6 Å². The molecular formula is C63H52N4. The Bertz CT molecular complexity index is 3460. The Balaban J connectivity index is 0.877. The van der Waals surface area contributed by atoms with Gasteiger partial charge in [0.25, 0.3) is 0 Å². The van der Waals surface area contributed by atoms with Crippen LogP contribution in [-0.2, 0) is 11.8 Å². The summed E-state index contributed by atoms with van der Waals surface area (Å²) in [6.45, 7) is 4.78. The van der Waals surface area contributed by atoms with Crippen molar-refractivity contribution >= 4 is 45.7 Å². The molecule has 67 heavy (non-hydrogen) atoms. The Morgan fingerprint density at radius 3 is 2.43 bits per heavy atom. The molecule has 4 heteroatoms. The molecule has 4 nitrogen and oxygen atoms in total. The third-order valence-corrected chi connectivity index (χ3v) is 16.2. The first kappa shape index (κ1) is 38.8. The summed E-state index contributed by atoms with van der Waals surface area (Å²) in [4.78, 5) is 8.35. The lowest BCUT2D eigenvalue weighted by Gasteiger charge is -2.32. The van der Waals surface area contributed by atoms with Gasteiger partial charge in [-0.25, -0.2) is 0 Å². The molecule has 3 heterocycles. The molecule has 0 radical (unpaired) electrons. The van der Waals surface area contributed by atoms with Gasteiger partial charge in [0.2, 0.25) is 0 Å². The minimum Gasteiger partial charge on any atom is -0.359 e. The SMILES string of the molecule is CC1(C)C2=CC=C(C3=NC(c4cccc(N5c6cccc(C7CC=Cc8c7c7c(n8-c8ccccc8)C=CCC7)c6C6C=CC=CC65)c4)Nc4c3ccc3ccccc43)CC2c2ccccc21. The van der Waals surface area contributed by atoms with Gasteiger partial charge < -0.3 is 14.8 Å². The van der Waals surface area contributed by atoms with Crippen LogP contribution in [0.2, 0.25) is 0 Å². The third-order valence-electron chi connectivity index (χ3n) is 16.2. The minimum atomic E-state index is -0.265. The number of nitrogens with zero attached hydrogens (tertiary/aromatic N) is 3. The highest BCUT2D eigenvalue weighted by Crippen LogP contribution is 2.56. The van der Waals surface area contributed by atoms with Crippen molar-refractivity contribution in [3.05, 3.63) is 249 Å². The van der Waals surface area contributed by atoms with Crippen LogP contribution in [0, 0.1) is 0 Å². The molecule has 7 aromatic rings. The van der Waals surface area contributed by atoms with Crippen molar-refractivity contribution in [1.82, 2.24) is 4.57 Å². The fourth-order valence-corrected chi connectivity index (χ4v) is 13.3. The quantitative estimate of drug-likeness (QED) is 0.187. The normalized spacial score (nSPS) is 23.2. The van der Waals surface area contributed by atoms with Crippen LogP contribution in [0.4, 0.5) is 17.1 Å². The van der Waals surface area contributed by atoms with Gasteiger partial charge in [-0.15, -0.1) is 0 Å². The molecular weight excluding hydrogens is 813 g/mol. The van der Waals surface area contributed by atoms with E-state index in [4.69, 9.17) is 4.99 Å². The molecule has 0 spiro atoms. The van der Waals surface area contributed by atoms with Gasteiger partial charge in [0, 0.05) is 62.6 Å². The fourth-order valence-electron chi connectivity index (χ4n) is 13.3. The number of aromatic nitrogens is 1. The maximum absolute atomic E-state index is 5.73. The molecule has 1 N–H and O–H groups in total. The van der Waals surface area contributed by atoms with Gasteiger partial charge in [0.1, 0.15) is 6.17 Å². The molecule has 2 aliphatic heterocycles. The predicted molar refractivity (Wildman–Crippen MR) is 278 cm³/mol. The van der Waals surface area contributed by atoms with Gasteiger partial charge >= 0.3 is 0 Å². The first-order valence-electron chi connectivity index (χ1n) is 24.4. The van der Waals surface area contributed by atoms with Gasteiger partial charge in [0.05, 0.1) is 17.4 Å². The molecule has 0 fully saturated rings. The maximum Gasteiger partial charge on any atom is 0.145 e. The zero-order valence-corrected chi connectivity index (χ0v) is 38.0. The molecule has 1 aromatic heterocycles. The highest BCUT2D eigenvalue weighted by Gasteiger charge is 2.44. The summed E-state index contributed by atoms with van der Waals surface area (Å²) in [5.41, 5.74) is 22.7. The molecule has 5 atom stereocenters. The molecule has 0 saturated carbocycles. The molecule has 7 aliphatic rings. The van der Waals surface area contributed by atoms with Crippen LogP contribution in [0.1, 0.15) is 113 Å². The molecule has 0 amide bonds. The zero-order chi connectivity index (χ0) is 44.4. The Labute approximate surface area is 393 Å². The molecule has 0 saturated heterocycles. The summed E-state index contributed by atoms with van der Waals surface area (Å²) in [5, 5.41) is 6.47. The van der Waals surface area contributed by atoms with Gasteiger partial charge in [-0.1, -0.05) is 171 Å². The van der Waals surface area contributed by atoms with Crippen LogP contribution in [0.25, 0.3) is 28.6 Å². The number of nitrogens with one attached hydrogen (secondary N) is 1. The van der Waals surface area contributed by atoms with Crippen molar-refractivity contribution in [1.29, 1.82) is 0 Å². The predicted octanol–water partition coefficient (Wildman–Crippen LogP) is 15.1. The van der Waals surface area contributed by atoms with Crippen molar-refractivity contribution in [3.63, 3.8) is 0 Å². The largest absolute Gasteiger partial charge is 0.359 e. The van der Waals surface area contributed by atoms with Crippen molar-refractivity contribution in [3.8, 4) is 5.69 Å². The Hall–Kier alpha value is -7.43. The molecule has 14 rings (SSSR count). The lowest BCUT2D eigenvalue weighted by atomic mass is 9.76. The molecule has 5 unspecified atom stereocenters. The van der Waals surface area contributed by atoms with Crippen LogP contribution in [0.5, 0.6) is 0 Å². The van der Waals surface area contributed by atoms with E-state index >= 15 is 0 Å². The molecule has 5 aliphatic carbocycles. The van der Waals surface area contributed by atoms with E-state index in [9.17, 15) is 0 Å². The number of allylic oxidation sites excluding steroid dienone is 8. The Morgan fingerprint density at radius 2 is 1.49 bits per heavy atom. The summed E-state index contributed by atoms with van der Waals surface area (Å²) >= 11 is 0. The van der Waals surface area contributed by atoms with E-state index < -0.39 is 0 Å². The molecule has 324 valence electrons. The second-order valence-electron chi connectivity index (χ2n) is 20.0. The summed E-state index contributed by atoms with van der Waals surface area (Å²) in [6, 6.07) is 49.9. The second kappa shape index (κ2) is 14.8. The van der Waals surface area contributed by atoms with E-state index in [1.807, 2.05) is 0 Å². The van der Waals surface area contributed by atoms with Crippen LogP contribution in [0.3, 0.4) is 0 Å². The summed E-state index contributed by atoms with van der Waals surface area (Å²) in [6.07, 6.45) is 27.5. The first-order chi connectivity index (χ1) is 33.0. The standard InChI is InChI=1S/C63H52N4/c1-63(2)52-28-11-8-23-45(52)51-38-40(34-36-53(51)63)60-50-35-33-39-17-6-7-22-44(39)61(50)65-62(64-60)41-18-14-21-43(37-41)67-55-30-13-10-25-49(55)59-47(27-16-32-57(59)67)46-26-15-31-56-58(46)48-24-9-12-29-54(48)66(56)42-19-4-3-5-20-42/h3-8,10-23,25,27-37,46,49,51,55,62,65H,9,24,26,38H2,1-2H3. The number of hydrogen-bond donors (Lipinski definition) is 1. The Kier molecular flexibility index (Phi) is 8.56. The van der Waals surface area contributed by atoms with Gasteiger partial charge in [0.15, 0.2) is 0 Å². The van der Waals surface area contributed by atoms with E-state index in [1.54, 1.807) is 0 Å². The van der Waals surface area contributed by atoms with E-state index in [2.05, 4.69) is 223 Å². The van der Waals surface area contributed by atoms with E-state index in [0.717, 1.165) is 42.6 Å². The highest BCUT2D eigenvalue weighted by atomic mass is 15.2. The Morgan fingerprint density at radius 1 is 0.687 bits per heavy atom. The van der Waals surface area contributed by atoms with E-state index in [-0.39, 0.29) is 29.5 Å². The fraction of sp³-hybridized carbons (Fsp3) is 0.190. The van der Waals surface area contributed by atoms with Crippen molar-refractivity contribution < 1.29 is 0 Å². The molecule has 6 aromatic carbocycles. The van der Waals surface area contributed by atoms with Crippen molar-refractivity contribution in [2.45, 2.75) is 74.9 Å². The van der Waals surface area contributed by atoms with E-state index in [1.165, 1.54) is 89.3 Å². The average Bonchev–Trinajstić information content (AvgIpc) is 3.99. The number of hydrogen-bond acceptors (Lipinski definition) is 3. The second-order valence-corrected chi connectivity index (χ2v) is 20.0. The van der Waals surface area contributed by atoms with E-state index in [0.29, 0.717) is 5.92 Å². The monoisotopic (exact) mass is 864 g/mol. The summed E-state index contributed by atoms with van der Waals surface area (Å²) in [7, 11) is 0. The average molecular weight is 865 g/mol. The van der Waals surface area contributed by atoms with Crippen molar-refractivity contribution in [2.75, 3.05) is 10.2 Å².